The molecule has 0 spiro atoms. The Morgan fingerprint density at radius 3 is 2.43 bits per heavy atom. The van der Waals surface area contributed by atoms with Gasteiger partial charge in [-0.2, -0.15) is 5.10 Å². The molecular formula is C17H21N3O3. The van der Waals surface area contributed by atoms with Crippen molar-refractivity contribution in [2.24, 2.45) is 0 Å². The molecule has 1 aromatic heterocycles. The molecule has 23 heavy (non-hydrogen) atoms. The van der Waals surface area contributed by atoms with Crippen LogP contribution in [0, 0.1) is 6.92 Å². The SMILES string of the molecule is CCCC(C)(NC(=O)c1ccc(-n2cc(C)cn2)cc1)C(=O)O. The lowest BCUT2D eigenvalue weighted by Crippen LogP contribution is -2.52. The van der Waals surface area contributed by atoms with E-state index in [9.17, 15) is 14.7 Å². The van der Waals surface area contributed by atoms with Crippen molar-refractivity contribution in [3.63, 3.8) is 0 Å². The second kappa shape index (κ2) is 6.64. The first kappa shape index (κ1) is 16.7. The summed E-state index contributed by atoms with van der Waals surface area (Å²) < 4.78 is 1.72. The van der Waals surface area contributed by atoms with Gasteiger partial charge in [-0.25, -0.2) is 9.48 Å². The Bertz CT molecular complexity index is 706. The van der Waals surface area contributed by atoms with Gasteiger partial charge in [0.1, 0.15) is 5.54 Å². The first-order chi connectivity index (χ1) is 10.9. The molecule has 0 aliphatic rings. The van der Waals surface area contributed by atoms with E-state index in [0.717, 1.165) is 11.3 Å². The van der Waals surface area contributed by atoms with Crippen LogP contribution in [0.25, 0.3) is 5.69 Å². The number of aliphatic carboxylic acids is 1. The molecular weight excluding hydrogens is 294 g/mol. The number of nitrogens with one attached hydrogen (secondary N) is 1. The van der Waals surface area contributed by atoms with E-state index in [-0.39, 0.29) is 0 Å². The molecule has 0 bridgehead atoms. The number of aromatic nitrogens is 2. The van der Waals surface area contributed by atoms with Crippen LogP contribution in [0.1, 0.15) is 42.6 Å². The molecule has 6 heteroatoms. The maximum atomic E-state index is 12.3. The van der Waals surface area contributed by atoms with Crippen molar-refractivity contribution in [2.75, 3.05) is 0 Å². The van der Waals surface area contributed by atoms with Crippen molar-refractivity contribution >= 4 is 11.9 Å². The molecule has 2 rings (SSSR count). The summed E-state index contributed by atoms with van der Waals surface area (Å²) in [4.78, 5) is 23.7. The highest BCUT2D eigenvalue weighted by atomic mass is 16.4. The molecule has 6 nitrogen and oxygen atoms in total. The summed E-state index contributed by atoms with van der Waals surface area (Å²) in [5, 5.41) is 16.1. The van der Waals surface area contributed by atoms with E-state index in [1.807, 2.05) is 20.0 Å². The van der Waals surface area contributed by atoms with Crippen molar-refractivity contribution in [1.29, 1.82) is 0 Å². The highest BCUT2D eigenvalue weighted by Gasteiger charge is 2.33. The minimum atomic E-state index is -1.26. The van der Waals surface area contributed by atoms with Crippen molar-refractivity contribution in [3.05, 3.63) is 47.8 Å². The Morgan fingerprint density at radius 1 is 1.30 bits per heavy atom. The van der Waals surface area contributed by atoms with Crippen LogP contribution in [0.3, 0.4) is 0 Å². The van der Waals surface area contributed by atoms with E-state index in [0.29, 0.717) is 18.4 Å². The average Bonchev–Trinajstić information content (AvgIpc) is 2.94. The molecule has 1 atom stereocenters. The van der Waals surface area contributed by atoms with Crippen LogP contribution in [0.4, 0.5) is 0 Å². The second-order valence-electron chi connectivity index (χ2n) is 5.85. The summed E-state index contributed by atoms with van der Waals surface area (Å²) in [5.74, 6) is -1.43. The summed E-state index contributed by atoms with van der Waals surface area (Å²) in [6.07, 6.45) is 4.68. The van der Waals surface area contributed by atoms with Crippen LogP contribution >= 0.6 is 0 Å². The van der Waals surface area contributed by atoms with Crippen molar-refractivity contribution < 1.29 is 14.7 Å². The Labute approximate surface area is 135 Å². The highest BCUT2D eigenvalue weighted by Crippen LogP contribution is 2.15. The number of rotatable bonds is 6. The Morgan fingerprint density at radius 2 is 1.96 bits per heavy atom. The number of carbonyl (C=O) groups excluding carboxylic acids is 1. The minimum Gasteiger partial charge on any atom is -0.480 e. The molecule has 0 fully saturated rings. The average molecular weight is 315 g/mol. The summed E-state index contributed by atoms with van der Waals surface area (Å²) in [5.41, 5.74) is 1.04. The van der Waals surface area contributed by atoms with Crippen molar-refractivity contribution in [2.45, 2.75) is 39.2 Å². The zero-order valence-electron chi connectivity index (χ0n) is 13.5. The first-order valence-electron chi connectivity index (χ1n) is 7.53. The van der Waals surface area contributed by atoms with Crippen molar-refractivity contribution in [3.8, 4) is 5.69 Å². The maximum absolute atomic E-state index is 12.3. The van der Waals surface area contributed by atoms with E-state index < -0.39 is 17.4 Å². The van der Waals surface area contributed by atoms with Crippen LogP contribution in [0.15, 0.2) is 36.7 Å². The number of nitrogens with zero attached hydrogens (tertiary/aromatic N) is 2. The number of carboxylic acid groups (broad SMARTS) is 1. The Hall–Kier alpha value is -2.63. The number of carboxylic acids is 1. The van der Waals surface area contributed by atoms with E-state index in [1.165, 1.54) is 6.92 Å². The number of carbonyl (C=O) groups is 2. The monoisotopic (exact) mass is 315 g/mol. The zero-order valence-corrected chi connectivity index (χ0v) is 13.5. The standard InChI is InChI=1S/C17H21N3O3/c1-4-9-17(3,16(22)23)19-15(21)13-5-7-14(8-6-13)20-11-12(2)10-18-20/h5-8,10-11H,4,9H2,1-3H3,(H,19,21)(H,22,23). The molecule has 2 aromatic rings. The molecule has 0 aliphatic heterocycles. The number of amides is 1. The van der Waals surface area contributed by atoms with Gasteiger partial charge in [0.15, 0.2) is 0 Å². The molecule has 2 N–H and O–H groups in total. The summed E-state index contributed by atoms with van der Waals surface area (Å²) in [6.45, 7) is 5.36. The molecule has 1 aromatic carbocycles. The molecule has 0 radical (unpaired) electrons. The summed E-state index contributed by atoms with van der Waals surface area (Å²) in [6, 6.07) is 6.88. The van der Waals surface area contributed by atoms with Gasteiger partial charge in [0, 0.05) is 11.8 Å². The fourth-order valence-corrected chi connectivity index (χ4v) is 2.37. The smallest absolute Gasteiger partial charge is 0.329 e. The number of aryl methyl sites for hydroxylation is 1. The first-order valence-corrected chi connectivity index (χ1v) is 7.53. The topological polar surface area (TPSA) is 84.2 Å². The van der Waals surface area contributed by atoms with Gasteiger partial charge in [0.2, 0.25) is 0 Å². The number of benzene rings is 1. The highest BCUT2D eigenvalue weighted by molar-refractivity contribution is 5.97. The van der Waals surface area contributed by atoms with Gasteiger partial charge in [-0.05, 0) is 50.1 Å². The van der Waals surface area contributed by atoms with E-state index in [4.69, 9.17) is 0 Å². The lowest BCUT2D eigenvalue weighted by Gasteiger charge is -2.25. The third-order valence-electron chi connectivity index (χ3n) is 3.72. The predicted molar refractivity (Wildman–Crippen MR) is 86.7 cm³/mol. The zero-order chi connectivity index (χ0) is 17.0. The van der Waals surface area contributed by atoms with Gasteiger partial charge in [0.25, 0.3) is 5.91 Å². The van der Waals surface area contributed by atoms with Gasteiger partial charge < -0.3 is 10.4 Å². The van der Waals surface area contributed by atoms with E-state index in [1.54, 1.807) is 35.1 Å². The normalized spacial score (nSPS) is 13.3. The van der Waals surface area contributed by atoms with Gasteiger partial charge in [-0.3, -0.25) is 4.79 Å². The molecule has 0 saturated heterocycles. The maximum Gasteiger partial charge on any atom is 0.329 e. The van der Waals surface area contributed by atoms with Gasteiger partial charge >= 0.3 is 5.97 Å². The second-order valence-corrected chi connectivity index (χ2v) is 5.85. The van der Waals surface area contributed by atoms with Gasteiger partial charge in [-0.1, -0.05) is 13.3 Å². The molecule has 0 saturated carbocycles. The number of hydrogen-bond donors (Lipinski definition) is 2. The lowest BCUT2D eigenvalue weighted by atomic mass is 9.95. The third-order valence-corrected chi connectivity index (χ3v) is 3.72. The fourth-order valence-electron chi connectivity index (χ4n) is 2.37. The predicted octanol–water partition coefficient (Wildman–Crippen LogP) is 2.55. The molecule has 122 valence electrons. The Kier molecular flexibility index (Phi) is 4.83. The van der Waals surface area contributed by atoms with Crippen molar-refractivity contribution in [1.82, 2.24) is 15.1 Å². The minimum absolute atomic E-state index is 0.374. The fraction of sp³-hybridized carbons (Fsp3) is 0.353. The van der Waals surface area contributed by atoms with Crippen LogP contribution in [-0.2, 0) is 4.79 Å². The van der Waals surface area contributed by atoms with Crippen LogP contribution in [0.5, 0.6) is 0 Å². The number of hydrogen-bond acceptors (Lipinski definition) is 3. The van der Waals surface area contributed by atoms with Gasteiger partial charge in [-0.15, -0.1) is 0 Å². The molecule has 0 aliphatic carbocycles. The third kappa shape index (κ3) is 3.77. The quantitative estimate of drug-likeness (QED) is 0.858. The molecule has 1 amide bonds. The summed E-state index contributed by atoms with van der Waals surface area (Å²) >= 11 is 0. The molecule has 1 heterocycles. The Balaban J connectivity index is 2.15. The summed E-state index contributed by atoms with van der Waals surface area (Å²) in [7, 11) is 0. The van der Waals surface area contributed by atoms with E-state index in [2.05, 4.69) is 10.4 Å². The largest absolute Gasteiger partial charge is 0.480 e. The van der Waals surface area contributed by atoms with Crippen LogP contribution in [0.2, 0.25) is 0 Å². The van der Waals surface area contributed by atoms with Crippen LogP contribution < -0.4 is 5.32 Å². The van der Waals surface area contributed by atoms with E-state index >= 15 is 0 Å². The van der Waals surface area contributed by atoms with Gasteiger partial charge in [0.05, 0.1) is 11.9 Å². The van der Waals surface area contributed by atoms with Crippen LogP contribution in [-0.4, -0.2) is 32.3 Å². The molecule has 1 unspecified atom stereocenters. The lowest BCUT2D eigenvalue weighted by molar-refractivity contribution is -0.144.